The summed E-state index contributed by atoms with van der Waals surface area (Å²) >= 11 is 0. The minimum atomic E-state index is -1.59. The third-order valence-electron chi connectivity index (χ3n) is 6.01. The molecule has 0 aromatic carbocycles. The lowest BCUT2D eigenvalue weighted by Crippen LogP contribution is -2.51. The van der Waals surface area contributed by atoms with Gasteiger partial charge in [0.25, 0.3) is 0 Å². The topological polar surface area (TPSA) is 38.8 Å². The van der Waals surface area contributed by atoms with Crippen molar-refractivity contribution in [2.45, 2.75) is 89.8 Å². The van der Waals surface area contributed by atoms with Gasteiger partial charge in [-0.05, 0) is 31.5 Å². The average molecular weight is 298 g/mol. The number of ether oxygens (including phenoxy) is 1. The minimum absolute atomic E-state index is 0.137. The van der Waals surface area contributed by atoms with Crippen LogP contribution in [0.25, 0.3) is 0 Å². The van der Waals surface area contributed by atoms with Gasteiger partial charge >= 0.3 is 0 Å². The fraction of sp³-hybridized carbons (Fsp3) is 0.938. The van der Waals surface area contributed by atoms with E-state index < -0.39 is 13.9 Å². The van der Waals surface area contributed by atoms with Crippen LogP contribution in [0, 0.1) is 5.41 Å². The fourth-order valence-electron chi connectivity index (χ4n) is 4.35. The van der Waals surface area contributed by atoms with Gasteiger partial charge in [-0.15, -0.1) is 0 Å². The molecule has 0 bridgehead atoms. The van der Waals surface area contributed by atoms with Gasteiger partial charge in [0.15, 0.2) is 20.2 Å². The van der Waals surface area contributed by atoms with Crippen LogP contribution in [0.2, 0.25) is 18.1 Å². The van der Waals surface area contributed by atoms with E-state index in [1.165, 1.54) is 18.1 Å². The minimum Gasteiger partial charge on any atom is -0.414 e. The number of rotatable bonds is 6. The first-order valence-electron chi connectivity index (χ1n) is 8.08. The van der Waals surface area contributed by atoms with Gasteiger partial charge in [-0.3, -0.25) is 4.79 Å². The van der Waals surface area contributed by atoms with Gasteiger partial charge in [-0.25, -0.2) is 0 Å². The summed E-state index contributed by atoms with van der Waals surface area (Å²) < 4.78 is 12.6. The Balaban J connectivity index is 2.16. The Labute approximate surface area is 124 Å². The maximum Gasteiger partial charge on any atom is 0.192 e. The molecule has 0 aromatic heterocycles. The van der Waals surface area contributed by atoms with Crippen LogP contribution < -0.4 is 0 Å². The lowest BCUT2D eigenvalue weighted by molar-refractivity contribution is -0.117. The van der Waals surface area contributed by atoms with Crippen molar-refractivity contribution in [1.29, 1.82) is 0 Å². The van der Waals surface area contributed by atoms with Gasteiger partial charge < -0.3 is 9.16 Å². The summed E-state index contributed by atoms with van der Waals surface area (Å²) in [6.45, 7) is 13.2. The monoisotopic (exact) mass is 298 g/mol. The molecule has 1 saturated heterocycles. The largest absolute Gasteiger partial charge is 0.414 e. The second-order valence-corrected chi connectivity index (χ2v) is 12.2. The highest BCUT2D eigenvalue weighted by Crippen LogP contribution is 2.64. The Morgan fingerprint density at radius 2 is 1.70 bits per heavy atom. The molecule has 0 unspecified atom stereocenters. The third kappa shape index (κ3) is 2.11. The van der Waals surface area contributed by atoms with Gasteiger partial charge in [0, 0.05) is 17.9 Å². The van der Waals surface area contributed by atoms with E-state index in [0.717, 1.165) is 19.1 Å². The first kappa shape index (κ1) is 16.2. The van der Waals surface area contributed by atoms with Crippen molar-refractivity contribution in [2.24, 2.45) is 5.41 Å². The number of carbonyl (C=O) groups is 1. The van der Waals surface area contributed by atoms with Crippen LogP contribution in [0.5, 0.6) is 0 Å². The van der Waals surface area contributed by atoms with Crippen molar-refractivity contribution in [3.63, 3.8) is 0 Å². The number of hydrogen-bond donors (Lipinski definition) is 0. The molecule has 0 N–H and O–H groups in total. The highest BCUT2D eigenvalue weighted by atomic mass is 28.4. The highest BCUT2D eigenvalue weighted by molar-refractivity contribution is 6.73. The molecule has 20 heavy (non-hydrogen) atoms. The van der Waals surface area contributed by atoms with Gasteiger partial charge in [0.2, 0.25) is 0 Å². The summed E-state index contributed by atoms with van der Waals surface area (Å²) in [5.41, 5.74) is -1.02. The number of fused-ring (bicyclic) bond motifs is 1. The van der Waals surface area contributed by atoms with E-state index in [9.17, 15) is 4.79 Å². The molecule has 3 atom stereocenters. The molecule has 116 valence electrons. The van der Waals surface area contributed by atoms with Gasteiger partial charge in [0.1, 0.15) is 5.60 Å². The van der Waals surface area contributed by atoms with Crippen molar-refractivity contribution in [3.8, 4) is 0 Å². The Morgan fingerprint density at radius 1 is 1.15 bits per heavy atom. The van der Waals surface area contributed by atoms with E-state index in [2.05, 4.69) is 41.5 Å². The normalized spacial score (nSPS) is 39.2. The van der Waals surface area contributed by atoms with Crippen LogP contribution in [-0.2, 0) is 14.0 Å². The van der Waals surface area contributed by atoms with Crippen LogP contribution in [-0.4, -0.2) is 31.9 Å². The Kier molecular flexibility index (Phi) is 3.98. The molecule has 0 spiro atoms. The van der Waals surface area contributed by atoms with Crippen LogP contribution >= 0.6 is 0 Å². The Bertz CT molecular complexity index is 383. The highest BCUT2D eigenvalue weighted by Gasteiger charge is 2.76. The summed E-state index contributed by atoms with van der Waals surface area (Å²) in [7, 11) is -1.59. The van der Waals surface area contributed by atoms with Gasteiger partial charge in [-0.2, -0.15) is 0 Å². The zero-order valence-corrected chi connectivity index (χ0v) is 14.9. The Morgan fingerprint density at radius 3 is 2.10 bits per heavy atom. The molecule has 2 fully saturated rings. The first-order chi connectivity index (χ1) is 9.24. The summed E-state index contributed by atoms with van der Waals surface area (Å²) in [4.78, 5) is 11.5. The smallest absolute Gasteiger partial charge is 0.192 e. The number of epoxide rings is 1. The predicted molar refractivity (Wildman–Crippen MR) is 83.4 cm³/mol. The second kappa shape index (κ2) is 4.92. The number of hydrogen-bond acceptors (Lipinski definition) is 3. The molecule has 4 heteroatoms. The van der Waals surface area contributed by atoms with Crippen LogP contribution in [0.3, 0.4) is 0 Å². The van der Waals surface area contributed by atoms with Crippen molar-refractivity contribution in [3.05, 3.63) is 0 Å². The molecule has 2 rings (SSSR count). The molecule has 2 aliphatic rings. The van der Waals surface area contributed by atoms with E-state index in [4.69, 9.17) is 9.16 Å². The standard InChI is InChI=1S/C16H30O3Si/c1-7-20(8-2,9-3)18-13-10-14(4,5)16(12-17)15(6,11-13)19-16/h12-13H,7-11H2,1-6H3/t13-,15+,16-/m0/s1. The maximum absolute atomic E-state index is 11.5. The number of carbonyl (C=O) groups excluding carboxylic acids is 1. The van der Waals surface area contributed by atoms with Crippen LogP contribution in [0.1, 0.15) is 54.4 Å². The third-order valence-corrected chi connectivity index (χ3v) is 10.7. The van der Waals surface area contributed by atoms with Gasteiger partial charge in [0.05, 0.1) is 0 Å². The van der Waals surface area contributed by atoms with E-state index >= 15 is 0 Å². The van der Waals surface area contributed by atoms with E-state index in [1.807, 2.05) is 0 Å². The summed E-state index contributed by atoms with van der Waals surface area (Å²) in [5, 5.41) is 0. The van der Waals surface area contributed by atoms with E-state index in [-0.39, 0.29) is 17.1 Å². The lowest BCUT2D eigenvalue weighted by atomic mass is 9.64. The lowest BCUT2D eigenvalue weighted by Gasteiger charge is -2.43. The summed E-state index contributed by atoms with van der Waals surface area (Å²) in [6, 6.07) is 3.52. The maximum atomic E-state index is 11.5. The van der Waals surface area contributed by atoms with Crippen molar-refractivity contribution >= 4 is 14.6 Å². The molecule has 0 amide bonds. The van der Waals surface area contributed by atoms with Crippen molar-refractivity contribution in [1.82, 2.24) is 0 Å². The average Bonchev–Trinajstić information content (AvgIpc) is 3.03. The number of aldehydes is 1. The first-order valence-corrected chi connectivity index (χ1v) is 10.6. The Hall–Kier alpha value is -0.193. The molecular formula is C16H30O3Si. The molecule has 3 nitrogen and oxygen atoms in total. The van der Waals surface area contributed by atoms with Gasteiger partial charge in [-0.1, -0.05) is 34.6 Å². The zero-order chi connectivity index (χ0) is 15.2. The SMILES string of the molecule is CC[Si](CC)(CC)O[C@H]1CC(C)(C)[C@]2(C=O)O[C@]2(C)C1. The quantitative estimate of drug-likeness (QED) is 0.424. The van der Waals surface area contributed by atoms with E-state index in [0.29, 0.717) is 0 Å². The predicted octanol–water partition coefficient (Wildman–Crippen LogP) is 3.92. The zero-order valence-electron chi connectivity index (χ0n) is 13.9. The molecule has 0 radical (unpaired) electrons. The molecule has 1 heterocycles. The van der Waals surface area contributed by atoms with Crippen LogP contribution in [0.4, 0.5) is 0 Å². The van der Waals surface area contributed by atoms with Crippen molar-refractivity contribution in [2.75, 3.05) is 0 Å². The van der Waals surface area contributed by atoms with Crippen LogP contribution in [0.15, 0.2) is 0 Å². The summed E-state index contributed by atoms with van der Waals surface area (Å²) in [6.07, 6.45) is 3.07. The molecule has 1 aliphatic carbocycles. The molecule has 1 aliphatic heterocycles. The summed E-state index contributed by atoms with van der Waals surface area (Å²) in [5.74, 6) is 0. The van der Waals surface area contributed by atoms with Crippen molar-refractivity contribution < 1.29 is 14.0 Å². The second-order valence-electron chi connectivity index (χ2n) is 7.46. The molecule has 0 aromatic rings. The van der Waals surface area contributed by atoms with E-state index in [1.54, 1.807) is 0 Å². The molecular weight excluding hydrogens is 268 g/mol. The fourth-order valence-corrected chi connectivity index (χ4v) is 7.22. The molecule has 1 saturated carbocycles.